The number of anilines is 1. The van der Waals surface area contributed by atoms with Gasteiger partial charge in [0.25, 0.3) is 5.91 Å². The van der Waals surface area contributed by atoms with Crippen LogP contribution in [0.2, 0.25) is 0 Å². The summed E-state index contributed by atoms with van der Waals surface area (Å²) in [6.07, 6.45) is 0.494. The summed E-state index contributed by atoms with van der Waals surface area (Å²) in [5.41, 5.74) is 0.681. The number of hydrogen-bond donors (Lipinski definition) is 0. The molecule has 2 aromatic carbocycles. The molecule has 3 rings (SSSR count). The zero-order valence-corrected chi connectivity index (χ0v) is 11.0. The Hall–Kier alpha value is -2.34. The zero-order valence-electron chi connectivity index (χ0n) is 11.0. The first kappa shape index (κ1) is 11.7. The van der Waals surface area contributed by atoms with Gasteiger partial charge in [0.2, 0.25) is 0 Å². The van der Waals surface area contributed by atoms with Crippen LogP contribution >= 0.6 is 0 Å². The van der Waals surface area contributed by atoms with Crippen LogP contribution in [0, 0.1) is 11.3 Å². The molecular formula is C16H14N2O. The van der Waals surface area contributed by atoms with Gasteiger partial charge in [-0.3, -0.25) is 4.79 Å². The number of fused-ring (bicyclic) bond motifs is 3. The summed E-state index contributed by atoms with van der Waals surface area (Å²) in [6.45, 7) is 1.89. The van der Waals surface area contributed by atoms with Gasteiger partial charge in [-0.2, -0.15) is 5.26 Å². The number of nitrogens with zero attached hydrogens (tertiary/aromatic N) is 2. The molecule has 1 aliphatic rings. The van der Waals surface area contributed by atoms with Crippen molar-refractivity contribution in [3.63, 3.8) is 0 Å². The zero-order chi connectivity index (χ0) is 13.6. The lowest BCUT2D eigenvalue weighted by Gasteiger charge is -2.18. The van der Waals surface area contributed by atoms with Gasteiger partial charge in [-0.15, -0.1) is 0 Å². The van der Waals surface area contributed by atoms with Crippen molar-refractivity contribution in [2.75, 3.05) is 11.9 Å². The van der Waals surface area contributed by atoms with Crippen LogP contribution in [0.3, 0.4) is 0 Å². The minimum atomic E-state index is -1.04. The topological polar surface area (TPSA) is 44.1 Å². The lowest BCUT2D eigenvalue weighted by Crippen LogP contribution is -2.36. The van der Waals surface area contributed by atoms with Crippen molar-refractivity contribution in [2.45, 2.75) is 18.8 Å². The summed E-state index contributed by atoms with van der Waals surface area (Å²) in [6, 6.07) is 14.1. The Balaban J connectivity index is 2.48. The highest BCUT2D eigenvalue weighted by Gasteiger charge is 2.50. The first-order valence-corrected chi connectivity index (χ1v) is 6.37. The molecule has 1 heterocycles. The molecule has 1 atom stereocenters. The highest BCUT2D eigenvalue weighted by atomic mass is 16.2. The van der Waals surface area contributed by atoms with Crippen LogP contribution in [0.25, 0.3) is 10.8 Å². The van der Waals surface area contributed by atoms with Gasteiger partial charge >= 0.3 is 0 Å². The largest absolute Gasteiger partial charge is 0.313 e. The number of benzene rings is 2. The van der Waals surface area contributed by atoms with Gasteiger partial charge in [0.05, 0.1) is 6.07 Å². The van der Waals surface area contributed by atoms with Crippen LogP contribution in [0.1, 0.15) is 18.9 Å². The number of nitriles is 1. The van der Waals surface area contributed by atoms with Crippen LogP contribution in [0.4, 0.5) is 5.69 Å². The molecule has 0 saturated heterocycles. The molecule has 1 unspecified atom stereocenters. The van der Waals surface area contributed by atoms with E-state index in [1.165, 1.54) is 0 Å². The minimum Gasteiger partial charge on any atom is -0.313 e. The van der Waals surface area contributed by atoms with E-state index in [-0.39, 0.29) is 5.91 Å². The molecule has 0 fully saturated rings. The Morgan fingerprint density at radius 2 is 2.00 bits per heavy atom. The highest BCUT2D eigenvalue weighted by molar-refractivity contribution is 6.14. The van der Waals surface area contributed by atoms with E-state index < -0.39 is 5.41 Å². The third kappa shape index (κ3) is 1.29. The smallest absolute Gasteiger partial charge is 0.251 e. The first-order chi connectivity index (χ1) is 9.15. The fraction of sp³-hybridized carbons (Fsp3) is 0.250. The maximum Gasteiger partial charge on any atom is 0.251 e. The summed E-state index contributed by atoms with van der Waals surface area (Å²) >= 11 is 0. The monoisotopic (exact) mass is 250 g/mol. The standard InChI is InChI=1S/C16H14N2O/c1-3-16(10-17)14-12-7-5-4-6-11(12)8-9-13(14)18(2)15(16)19/h4-9H,3H2,1-2H3. The molecule has 0 aliphatic carbocycles. The Labute approximate surface area is 112 Å². The van der Waals surface area contributed by atoms with Crippen molar-refractivity contribution >= 4 is 22.4 Å². The van der Waals surface area contributed by atoms with Gasteiger partial charge in [0, 0.05) is 18.3 Å². The summed E-state index contributed by atoms with van der Waals surface area (Å²) < 4.78 is 0. The van der Waals surface area contributed by atoms with Gasteiger partial charge in [0.1, 0.15) is 0 Å². The Morgan fingerprint density at radius 3 is 2.68 bits per heavy atom. The van der Waals surface area contributed by atoms with Gasteiger partial charge in [-0.1, -0.05) is 37.3 Å². The molecule has 19 heavy (non-hydrogen) atoms. The quantitative estimate of drug-likeness (QED) is 0.781. The summed E-state index contributed by atoms with van der Waals surface area (Å²) in [4.78, 5) is 14.1. The first-order valence-electron chi connectivity index (χ1n) is 6.37. The van der Waals surface area contributed by atoms with Crippen LogP contribution < -0.4 is 4.90 Å². The third-order valence-corrected chi connectivity index (χ3v) is 4.09. The maximum absolute atomic E-state index is 12.5. The molecule has 0 bridgehead atoms. The van der Waals surface area contributed by atoms with Crippen molar-refractivity contribution in [2.24, 2.45) is 0 Å². The second-order valence-corrected chi connectivity index (χ2v) is 4.92. The van der Waals surface area contributed by atoms with Crippen molar-refractivity contribution in [1.29, 1.82) is 5.26 Å². The van der Waals surface area contributed by atoms with Crippen LogP contribution in [0.15, 0.2) is 36.4 Å². The van der Waals surface area contributed by atoms with Crippen molar-refractivity contribution in [3.8, 4) is 6.07 Å². The molecule has 0 N–H and O–H groups in total. The Morgan fingerprint density at radius 1 is 1.26 bits per heavy atom. The van der Waals surface area contributed by atoms with Gasteiger partial charge < -0.3 is 4.90 Å². The normalized spacial score (nSPS) is 21.5. The number of likely N-dealkylation sites (N-methyl/N-ethyl adjacent to an activating group) is 1. The molecule has 1 amide bonds. The van der Waals surface area contributed by atoms with E-state index in [1.807, 2.05) is 43.3 Å². The van der Waals surface area contributed by atoms with E-state index in [4.69, 9.17) is 0 Å². The van der Waals surface area contributed by atoms with Crippen LogP contribution in [-0.4, -0.2) is 13.0 Å². The summed E-state index contributed by atoms with van der Waals surface area (Å²) in [5, 5.41) is 11.7. The Kier molecular flexibility index (Phi) is 2.36. The predicted octanol–water partition coefficient (Wildman–Crippen LogP) is 2.99. The lowest BCUT2D eigenvalue weighted by atomic mass is 9.78. The average Bonchev–Trinajstić information content (AvgIpc) is 2.69. The second-order valence-electron chi connectivity index (χ2n) is 4.92. The second kappa shape index (κ2) is 3.83. The van der Waals surface area contributed by atoms with E-state index in [2.05, 4.69) is 6.07 Å². The molecule has 0 aromatic heterocycles. The highest BCUT2D eigenvalue weighted by Crippen LogP contribution is 2.46. The van der Waals surface area contributed by atoms with E-state index in [9.17, 15) is 10.1 Å². The number of rotatable bonds is 1. The SMILES string of the molecule is CCC1(C#N)C(=O)N(C)c2ccc3ccccc3c21. The van der Waals surface area contributed by atoms with E-state index >= 15 is 0 Å². The van der Waals surface area contributed by atoms with E-state index in [1.54, 1.807) is 11.9 Å². The van der Waals surface area contributed by atoms with E-state index in [0.29, 0.717) is 6.42 Å². The van der Waals surface area contributed by atoms with Crippen molar-refractivity contribution < 1.29 is 4.79 Å². The number of carbonyl (C=O) groups excluding carboxylic acids is 1. The maximum atomic E-state index is 12.5. The van der Waals surface area contributed by atoms with Crippen LogP contribution in [0.5, 0.6) is 0 Å². The predicted molar refractivity (Wildman–Crippen MR) is 74.9 cm³/mol. The van der Waals surface area contributed by atoms with Gasteiger partial charge in [0.15, 0.2) is 5.41 Å². The molecule has 0 spiro atoms. The molecule has 3 nitrogen and oxygen atoms in total. The fourth-order valence-electron chi connectivity index (χ4n) is 3.00. The molecule has 0 saturated carbocycles. The fourth-order valence-corrected chi connectivity index (χ4v) is 3.00. The van der Waals surface area contributed by atoms with Crippen molar-refractivity contribution in [1.82, 2.24) is 0 Å². The van der Waals surface area contributed by atoms with Gasteiger partial charge in [-0.05, 0) is 23.3 Å². The van der Waals surface area contributed by atoms with Crippen molar-refractivity contribution in [3.05, 3.63) is 42.0 Å². The molecule has 3 heteroatoms. The lowest BCUT2D eigenvalue weighted by molar-refractivity contribution is -0.121. The summed E-state index contributed by atoms with van der Waals surface area (Å²) in [7, 11) is 1.74. The number of hydrogen-bond acceptors (Lipinski definition) is 2. The number of carbonyl (C=O) groups is 1. The van der Waals surface area contributed by atoms with Gasteiger partial charge in [-0.25, -0.2) is 0 Å². The molecule has 1 aliphatic heterocycles. The average molecular weight is 250 g/mol. The number of amides is 1. The summed E-state index contributed by atoms with van der Waals surface area (Å²) in [5.74, 6) is -0.121. The molecule has 2 aromatic rings. The molecule has 94 valence electrons. The van der Waals surface area contributed by atoms with E-state index in [0.717, 1.165) is 22.0 Å². The third-order valence-electron chi connectivity index (χ3n) is 4.09. The van der Waals surface area contributed by atoms with Crippen LogP contribution in [-0.2, 0) is 10.2 Å². The molecule has 0 radical (unpaired) electrons. The minimum absolute atomic E-state index is 0.121. The molecular weight excluding hydrogens is 236 g/mol. The Bertz CT molecular complexity index is 729.